The number of benzene rings is 2. The number of amides is 1. The molecule has 28 heavy (non-hydrogen) atoms. The van der Waals surface area contributed by atoms with Gasteiger partial charge in [-0.25, -0.2) is 8.42 Å². The lowest BCUT2D eigenvalue weighted by molar-refractivity contribution is 0.0985. The maximum absolute atomic E-state index is 13.0. The average molecular weight is 433 g/mol. The molecule has 0 fully saturated rings. The summed E-state index contributed by atoms with van der Waals surface area (Å²) in [6.07, 6.45) is 1.71. The summed E-state index contributed by atoms with van der Waals surface area (Å²) in [5, 5.41) is 0. The van der Waals surface area contributed by atoms with Gasteiger partial charge in [0.2, 0.25) is 0 Å². The Kier molecular flexibility index (Phi) is 5.14. The van der Waals surface area contributed by atoms with E-state index >= 15 is 0 Å². The van der Waals surface area contributed by atoms with E-state index in [1.54, 1.807) is 35.2 Å². The van der Waals surface area contributed by atoms with E-state index in [9.17, 15) is 13.2 Å². The molecule has 0 atom stereocenters. The van der Waals surface area contributed by atoms with Gasteiger partial charge in [-0.3, -0.25) is 9.52 Å². The Balaban J connectivity index is 1.66. The summed E-state index contributed by atoms with van der Waals surface area (Å²) in [5.41, 5.74) is 2.78. The number of fused-ring (bicyclic) bond motifs is 1. The predicted octanol–water partition coefficient (Wildman–Crippen LogP) is 4.80. The van der Waals surface area contributed by atoms with Crippen LogP contribution in [0.25, 0.3) is 0 Å². The molecular formula is C20H17ClN2O3S2. The van der Waals surface area contributed by atoms with Crippen LogP contribution in [0.2, 0.25) is 4.34 Å². The Morgan fingerprint density at radius 2 is 1.86 bits per heavy atom. The van der Waals surface area contributed by atoms with E-state index < -0.39 is 10.0 Å². The Morgan fingerprint density at radius 3 is 2.57 bits per heavy atom. The van der Waals surface area contributed by atoms with Crippen molar-refractivity contribution >= 4 is 50.2 Å². The van der Waals surface area contributed by atoms with Crippen molar-refractivity contribution in [3.63, 3.8) is 0 Å². The van der Waals surface area contributed by atoms with E-state index in [2.05, 4.69) is 4.72 Å². The molecule has 5 nitrogen and oxygen atoms in total. The number of aryl methyl sites for hydroxylation is 1. The number of thiophene rings is 1. The third-order valence-corrected chi connectivity index (χ3v) is 7.64. The predicted molar refractivity (Wildman–Crippen MR) is 113 cm³/mol. The number of nitrogens with one attached hydrogen (secondary N) is 1. The highest BCUT2D eigenvalue weighted by Gasteiger charge is 2.25. The number of halogens is 1. The van der Waals surface area contributed by atoms with Crippen LogP contribution in [0.15, 0.2) is 64.9 Å². The Labute approximate surface area is 172 Å². The summed E-state index contributed by atoms with van der Waals surface area (Å²) in [7, 11) is -3.73. The van der Waals surface area contributed by atoms with Gasteiger partial charge in [-0.1, -0.05) is 35.9 Å². The molecule has 0 bridgehead atoms. The second kappa shape index (κ2) is 7.58. The molecule has 0 spiro atoms. The molecule has 0 radical (unpaired) electrons. The van der Waals surface area contributed by atoms with E-state index in [1.807, 2.05) is 24.3 Å². The number of anilines is 2. The van der Waals surface area contributed by atoms with Crippen LogP contribution in [0.3, 0.4) is 0 Å². The molecule has 1 aliphatic heterocycles. The largest absolute Gasteiger partial charge is 0.308 e. The van der Waals surface area contributed by atoms with Crippen molar-refractivity contribution in [1.82, 2.24) is 0 Å². The number of sulfonamides is 1. The fourth-order valence-corrected chi connectivity index (χ4v) is 5.77. The highest BCUT2D eigenvalue weighted by Crippen LogP contribution is 2.33. The van der Waals surface area contributed by atoms with Crippen molar-refractivity contribution in [2.24, 2.45) is 0 Å². The number of nitrogens with zero attached hydrogens (tertiary/aromatic N) is 1. The number of carbonyl (C=O) groups is 1. The standard InChI is InChI=1S/C20H17ClN2O3S2/c21-18-10-11-19(27-18)28(25,26)22-16-9-8-14-7-4-12-23(17(14)13-16)20(24)15-5-2-1-3-6-15/h1-3,5-6,8-11,13,22H,4,7,12H2. The molecule has 8 heteroatoms. The molecule has 3 aromatic rings. The minimum Gasteiger partial charge on any atom is -0.308 e. The van der Waals surface area contributed by atoms with Gasteiger partial charge < -0.3 is 4.90 Å². The third-order valence-electron chi connectivity index (χ3n) is 4.54. The molecular weight excluding hydrogens is 416 g/mol. The highest BCUT2D eigenvalue weighted by atomic mass is 35.5. The first-order valence-electron chi connectivity index (χ1n) is 8.72. The summed E-state index contributed by atoms with van der Waals surface area (Å²) < 4.78 is 28.3. The lowest BCUT2D eigenvalue weighted by atomic mass is 10.00. The Hall–Kier alpha value is -2.35. The topological polar surface area (TPSA) is 66.5 Å². The van der Waals surface area contributed by atoms with Crippen molar-refractivity contribution < 1.29 is 13.2 Å². The molecule has 0 saturated carbocycles. The first-order valence-corrected chi connectivity index (χ1v) is 11.4. The van der Waals surface area contributed by atoms with Crippen LogP contribution in [0, 0.1) is 0 Å². The SMILES string of the molecule is O=C(c1ccccc1)N1CCCc2ccc(NS(=O)(=O)c3ccc(Cl)s3)cc21. The zero-order chi connectivity index (χ0) is 19.7. The van der Waals surface area contributed by atoms with E-state index in [4.69, 9.17) is 11.6 Å². The van der Waals surface area contributed by atoms with Crippen LogP contribution < -0.4 is 9.62 Å². The van der Waals surface area contributed by atoms with Crippen molar-refractivity contribution in [2.45, 2.75) is 17.1 Å². The van der Waals surface area contributed by atoms with Gasteiger partial charge in [0.05, 0.1) is 10.0 Å². The van der Waals surface area contributed by atoms with Gasteiger partial charge >= 0.3 is 0 Å². The van der Waals surface area contributed by atoms with Gasteiger partial charge in [0.15, 0.2) is 0 Å². The molecule has 1 aromatic heterocycles. The molecule has 0 aliphatic carbocycles. The Bertz CT molecular complexity index is 1130. The van der Waals surface area contributed by atoms with Crippen LogP contribution in [-0.4, -0.2) is 20.9 Å². The summed E-state index contributed by atoms with van der Waals surface area (Å²) in [5.74, 6) is -0.0911. The third kappa shape index (κ3) is 3.78. The molecule has 1 aliphatic rings. The molecule has 1 amide bonds. The van der Waals surface area contributed by atoms with Gasteiger partial charge in [-0.15, -0.1) is 11.3 Å². The van der Waals surface area contributed by atoms with Crippen LogP contribution >= 0.6 is 22.9 Å². The lowest BCUT2D eigenvalue weighted by Crippen LogP contribution is -2.35. The van der Waals surface area contributed by atoms with Gasteiger partial charge in [0, 0.05) is 17.8 Å². The van der Waals surface area contributed by atoms with Crippen molar-refractivity contribution in [3.05, 3.63) is 76.1 Å². The Morgan fingerprint density at radius 1 is 1.07 bits per heavy atom. The smallest absolute Gasteiger partial charge is 0.271 e. The van der Waals surface area contributed by atoms with Gasteiger partial charge in [-0.05, 0) is 54.8 Å². The monoisotopic (exact) mass is 432 g/mol. The van der Waals surface area contributed by atoms with Crippen molar-refractivity contribution in [1.29, 1.82) is 0 Å². The van der Waals surface area contributed by atoms with E-state index in [0.29, 0.717) is 22.1 Å². The molecule has 0 unspecified atom stereocenters. The minimum absolute atomic E-state index is 0.0911. The second-order valence-corrected chi connectivity index (χ2v) is 10.1. The lowest BCUT2D eigenvalue weighted by Gasteiger charge is -2.30. The molecule has 144 valence electrons. The van der Waals surface area contributed by atoms with Gasteiger partial charge in [0.1, 0.15) is 4.21 Å². The summed E-state index contributed by atoms with van der Waals surface area (Å²) in [6, 6.07) is 17.4. The quantitative estimate of drug-likeness (QED) is 0.644. The maximum atomic E-state index is 13.0. The number of rotatable bonds is 4. The van der Waals surface area contributed by atoms with Crippen LogP contribution in [0.4, 0.5) is 11.4 Å². The van der Waals surface area contributed by atoms with Crippen LogP contribution in [0.1, 0.15) is 22.3 Å². The maximum Gasteiger partial charge on any atom is 0.271 e. The van der Waals surface area contributed by atoms with Crippen LogP contribution in [0.5, 0.6) is 0 Å². The van der Waals surface area contributed by atoms with Gasteiger partial charge in [-0.2, -0.15) is 0 Å². The van der Waals surface area contributed by atoms with Crippen molar-refractivity contribution in [2.75, 3.05) is 16.2 Å². The normalized spacial score (nSPS) is 13.8. The van der Waals surface area contributed by atoms with E-state index in [1.165, 1.54) is 6.07 Å². The fraction of sp³-hybridized carbons (Fsp3) is 0.150. The first-order chi connectivity index (χ1) is 13.4. The zero-order valence-electron chi connectivity index (χ0n) is 14.8. The second-order valence-electron chi connectivity index (χ2n) is 6.43. The fourth-order valence-electron chi connectivity index (χ4n) is 3.23. The molecule has 4 rings (SSSR count). The van der Waals surface area contributed by atoms with Crippen molar-refractivity contribution in [3.8, 4) is 0 Å². The minimum atomic E-state index is -3.73. The first kappa shape index (κ1) is 19.0. The number of hydrogen-bond acceptors (Lipinski definition) is 4. The number of hydrogen-bond donors (Lipinski definition) is 1. The summed E-state index contributed by atoms with van der Waals surface area (Å²) >= 11 is 6.85. The highest BCUT2D eigenvalue weighted by molar-refractivity contribution is 7.94. The number of carbonyl (C=O) groups excluding carboxylic acids is 1. The van der Waals surface area contributed by atoms with Gasteiger partial charge in [0.25, 0.3) is 15.9 Å². The zero-order valence-corrected chi connectivity index (χ0v) is 17.2. The van der Waals surface area contributed by atoms with E-state index in [0.717, 1.165) is 35.4 Å². The van der Waals surface area contributed by atoms with Crippen LogP contribution in [-0.2, 0) is 16.4 Å². The molecule has 1 N–H and O–H groups in total. The summed E-state index contributed by atoms with van der Waals surface area (Å²) in [6.45, 7) is 0.595. The molecule has 0 saturated heterocycles. The summed E-state index contributed by atoms with van der Waals surface area (Å²) in [4.78, 5) is 14.7. The molecule has 2 heterocycles. The average Bonchev–Trinajstić information content (AvgIpc) is 3.15. The molecule has 2 aromatic carbocycles. The van der Waals surface area contributed by atoms with E-state index in [-0.39, 0.29) is 10.1 Å².